The zero-order valence-corrected chi connectivity index (χ0v) is 9.42. The molecule has 2 aliphatic rings. The molecule has 0 atom stereocenters. The highest BCUT2D eigenvalue weighted by Gasteiger charge is 2.28. The molecule has 0 unspecified atom stereocenters. The summed E-state index contributed by atoms with van der Waals surface area (Å²) in [6.45, 7) is 4.26. The maximum Gasteiger partial charge on any atom is 0.127 e. The van der Waals surface area contributed by atoms with Crippen molar-refractivity contribution in [1.29, 1.82) is 0 Å². The van der Waals surface area contributed by atoms with Gasteiger partial charge in [0.15, 0.2) is 0 Å². The molecule has 3 nitrogen and oxygen atoms in total. The maximum atomic E-state index is 4.79. The Balaban J connectivity index is 2.00. The fourth-order valence-electron chi connectivity index (χ4n) is 3.02. The maximum absolute atomic E-state index is 4.79. The van der Waals surface area contributed by atoms with Crippen LogP contribution >= 0.6 is 0 Å². The zero-order chi connectivity index (χ0) is 10.3. The number of nitrogens with zero attached hydrogens (tertiary/aromatic N) is 2. The zero-order valence-electron chi connectivity index (χ0n) is 9.42. The molecule has 15 heavy (non-hydrogen) atoms. The van der Waals surface area contributed by atoms with Crippen molar-refractivity contribution in [2.45, 2.75) is 51.5 Å². The molecule has 1 aromatic heterocycles. The van der Waals surface area contributed by atoms with Gasteiger partial charge in [-0.1, -0.05) is 12.8 Å². The molecule has 3 rings (SSSR count). The van der Waals surface area contributed by atoms with Crippen LogP contribution in [0.15, 0.2) is 0 Å². The highest BCUT2D eigenvalue weighted by atomic mass is 15.3. The van der Waals surface area contributed by atoms with Crippen LogP contribution in [0.1, 0.15) is 49.8 Å². The number of hydrogen-bond donors (Lipinski definition) is 1. The van der Waals surface area contributed by atoms with Crippen molar-refractivity contribution in [1.82, 2.24) is 9.78 Å². The minimum Gasteiger partial charge on any atom is -0.370 e. The first-order valence-corrected chi connectivity index (χ1v) is 6.23. The monoisotopic (exact) mass is 205 g/mol. The fraction of sp³-hybridized carbons (Fsp3) is 0.750. The molecule has 1 aromatic rings. The van der Waals surface area contributed by atoms with Crippen molar-refractivity contribution in [3.8, 4) is 0 Å². The molecule has 0 saturated heterocycles. The Morgan fingerprint density at radius 3 is 2.93 bits per heavy atom. The van der Waals surface area contributed by atoms with Crippen LogP contribution in [-0.4, -0.2) is 16.3 Å². The molecule has 1 aliphatic heterocycles. The van der Waals surface area contributed by atoms with Gasteiger partial charge in [-0.25, -0.2) is 4.68 Å². The Morgan fingerprint density at radius 2 is 2.20 bits per heavy atom. The van der Waals surface area contributed by atoms with Gasteiger partial charge in [0, 0.05) is 24.6 Å². The van der Waals surface area contributed by atoms with E-state index in [1.54, 1.807) is 0 Å². The van der Waals surface area contributed by atoms with Gasteiger partial charge in [-0.15, -0.1) is 0 Å². The van der Waals surface area contributed by atoms with E-state index in [4.69, 9.17) is 5.10 Å². The molecule has 2 heterocycles. The molecule has 82 valence electrons. The lowest BCUT2D eigenvalue weighted by Gasteiger charge is -2.06. The van der Waals surface area contributed by atoms with Gasteiger partial charge in [-0.3, -0.25) is 0 Å². The van der Waals surface area contributed by atoms with E-state index in [9.17, 15) is 0 Å². The number of rotatable bonds is 2. The predicted molar refractivity (Wildman–Crippen MR) is 61.3 cm³/mol. The van der Waals surface area contributed by atoms with Crippen LogP contribution < -0.4 is 5.32 Å². The third-order valence-electron chi connectivity index (χ3n) is 3.79. The average molecular weight is 205 g/mol. The quantitative estimate of drug-likeness (QED) is 0.804. The average Bonchev–Trinajstić information content (AvgIpc) is 2.94. The first kappa shape index (κ1) is 9.25. The number of hydrogen-bond acceptors (Lipinski definition) is 2. The van der Waals surface area contributed by atoms with E-state index in [1.807, 2.05) is 0 Å². The third-order valence-corrected chi connectivity index (χ3v) is 3.79. The molecular formula is C12H19N3. The van der Waals surface area contributed by atoms with Gasteiger partial charge in [0.1, 0.15) is 5.82 Å². The van der Waals surface area contributed by atoms with E-state index >= 15 is 0 Å². The summed E-state index contributed by atoms with van der Waals surface area (Å²) in [6.07, 6.45) is 6.68. The molecular weight excluding hydrogens is 186 g/mol. The number of nitrogens with one attached hydrogen (secondary N) is 1. The molecule has 1 saturated carbocycles. The van der Waals surface area contributed by atoms with E-state index in [1.165, 1.54) is 49.2 Å². The third kappa shape index (κ3) is 1.36. The van der Waals surface area contributed by atoms with Crippen molar-refractivity contribution in [2.75, 3.05) is 11.9 Å². The van der Waals surface area contributed by atoms with Crippen molar-refractivity contribution >= 4 is 5.82 Å². The molecule has 1 aliphatic carbocycles. The van der Waals surface area contributed by atoms with Crippen LogP contribution in [-0.2, 0) is 13.0 Å². The van der Waals surface area contributed by atoms with E-state index in [-0.39, 0.29) is 0 Å². The fourth-order valence-corrected chi connectivity index (χ4v) is 3.02. The molecule has 0 aromatic carbocycles. The summed E-state index contributed by atoms with van der Waals surface area (Å²) < 4.78 is 2.15. The largest absolute Gasteiger partial charge is 0.370 e. The second-order valence-electron chi connectivity index (χ2n) is 4.69. The van der Waals surface area contributed by atoms with Crippen LogP contribution in [0.2, 0.25) is 0 Å². The van der Waals surface area contributed by atoms with Gasteiger partial charge in [0.2, 0.25) is 0 Å². The lowest BCUT2D eigenvalue weighted by Crippen LogP contribution is -2.06. The standard InChI is InChI=1S/C12H19N3/c1-2-15-12-10(7-8-13-12)11(14-15)9-5-3-4-6-9/h9,13H,2-8H2,1H3. The van der Waals surface area contributed by atoms with Crippen molar-refractivity contribution in [3.63, 3.8) is 0 Å². The van der Waals surface area contributed by atoms with Gasteiger partial charge >= 0.3 is 0 Å². The number of fused-ring (bicyclic) bond motifs is 1. The summed E-state index contributed by atoms with van der Waals surface area (Å²) in [5.41, 5.74) is 2.93. The Hall–Kier alpha value is -0.990. The second kappa shape index (κ2) is 3.54. The number of aryl methyl sites for hydroxylation is 1. The van der Waals surface area contributed by atoms with E-state index in [0.29, 0.717) is 0 Å². The van der Waals surface area contributed by atoms with Crippen LogP contribution in [0.3, 0.4) is 0 Å². The van der Waals surface area contributed by atoms with E-state index in [0.717, 1.165) is 19.0 Å². The van der Waals surface area contributed by atoms with Gasteiger partial charge < -0.3 is 5.32 Å². The second-order valence-corrected chi connectivity index (χ2v) is 4.69. The van der Waals surface area contributed by atoms with Crippen LogP contribution in [0.25, 0.3) is 0 Å². The minimum absolute atomic E-state index is 0.756. The minimum atomic E-state index is 0.756. The summed E-state index contributed by atoms with van der Waals surface area (Å²) in [6, 6.07) is 0. The molecule has 1 fully saturated rings. The summed E-state index contributed by atoms with van der Waals surface area (Å²) in [7, 11) is 0. The molecule has 0 radical (unpaired) electrons. The SMILES string of the molecule is CCn1nc(C2CCCC2)c2c1NCC2. The van der Waals surface area contributed by atoms with E-state index in [2.05, 4.69) is 16.9 Å². The summed E-state index contributed by atoms with van der Waals surface area (Å²) in [5, 5.41) is 8.25. The predicted octanol–water partition coefficient (Wildman–Crippen LogP) is 2.53. The van der Waals surface area contributed by atoms with Gasteiger partial charge in [-0.05, 0) is 26.2 Å². The summed E-state index contributed by atoms with van der Waals surface area (Å²) in [4.78, 5) is 0. The van der Waals surface area contributed by atoms with Crippen molar-refractivity contribution < 1.29 is 0 Å². The Morgan fingerprint density at radius 1 is 1.40 bits per heavy atom. The molecule has 3 heteroatoms. The molecule has 0 bridgehead atoms. The molecule has 1 N–H and O–H groups in total. The van der Waals surface area contributed by atoms with Crippen molar-refractivity contribution in [3.05, 3.63) is 11.3 Å². The number of anilines is 1. The highest BCUT2D eigenvalue weighted by molar-refractivity contribution is 5.53. The first-order chi connectivity index (χ1) is 7.40. The number of aromatic nitrogens is 2. The van der Waals surface area contributed by atoms with E-state index < -0.39 is 0 Å². The van der Waals surface area contributed by atoms with Crippen LogP contribution in [0.4, 0.5) is 5.82 Å². The van der Waals surface area contributed by atoms with Crippen LogP contribution in [0.5, 0.6) is 0 Å². The lowest BCUT2D eigenvalue weighted by atomic mass is 9.99. The van der Waals surface area contributed by atoms with Gasteiger partial charge in [-0.2, -0.15) is 5.10 Å². The summed E-state index contributed by atoms with van der Waals surface area (Å²) >= 11 is 0. The Labute approximate surface area is 90.9 Å². The van der Waals surface area contributed by atoms with Gasteiger partial charge in [0.05, 0.1) is 5.69 Å². The normalized spacial score (nSPS) is 20.6. The topological polar surface area (TPSA) is 29.9 Å². The van der Waals surface area contributed by atoms with Crippen molar-refractivity contribution in [2.24, 2.45) is 0 Å². The first-order valence-electron chi connectivity index (χ1n) is 6.23. The lowest BCUT2D eigenvalue weighted by molar-refractivity contribution is 0.613. The smallest absolute Gasteiger partial charge is 0.127 e. The molecule has 0 amide bonds. The van der Waals surface area contributed by atoms with Gasteiger partial charge in [0.25, 0.3) is 0 Å². The Kier molecular flexibility index (Phi) is 2.19. The van der Waals surface area contributed by atoms with Crippen LogP contribution in [0, 0.1) is 0 Å². The highest BCUT2D eigenvalue weighted by Crippen LogP contribution is 2.38. The summed E-state index contributed by atoms with van der Waals surface area (Å²) in [5.74, 6) is 2.06. The molecule has 0 spiro atoms. The Bertz CT molecular complexity index is 361.